The number of hydrogen-bond donors (Lipinski definition) is 0. The Morgan fingerprint density at radius 1 is 0.557 bits per heavy atom. The predicted octanol–water partition coefficient (Wildman–Crippen LogP) is 28.7. The molecule has 5 heterocycles. The molecule has 4 aromatic heterocycles. The fourth-order valence-electron chi connectivity index (χ4n) is 12.7. The molecule has 115 heavy (non-hydrogen) atoms. The lowest BCUT2D eigenvalue weighted by Gasteiger charge is -2.26. The molecule has 1 saturated carbocycles. The second kappa shape index (κ2) is 47.7. The van der Waals surface area contributed by atoms with Gasteiger partial charge in [0.2, 0.25) is 17.7 Å². The number of likely N-dealkylation sites (tertiary alicyclic amines) is 1. The predicted molar refractivity (Wildman–Crippen MR) is 487 cm³/mol. The van der Waals surface area contributed by atoms with Crippen LogP contribution in [0.3, 0.4) is 0 Å². The molecular weight excluding hydrogens is 1440 g/mol. The molecule has 1 saturated heterocycles. The highest BCUT2D eigenvalue weighted by molar-refractivity contribution is 7.09. The Morgan fingerprint density at radius 3 is 1.50 bits per heavy atom. The summed E-state index contributed by atoms with van der Waals surface area (Å²) in [7, 11) is 1.69. The number of thiophene rings is 1. The zero-order chi connectivity index (χ0) is 87.6. The molecule has 0 radical (unpaired) electrons. The zero-order valence-electron chi connectivity index (χ0n) is 79.6. The Labute approximate surface area is 707 Å². The number of carbonyl (C=O) groups is 1. The van der Waals surface area contributed by atoms with Crippen molar-refractivity contribution in [2.24, 2.45) is 66.5 Å². The number of aromatic nitrogens is 5. The van der Waals surface area contributed by atoms with Gasteiger partial charge in [-0.05, 0) is 198 Å². The molecule has 14 heteroatoms. The minimum Gasteiger partial charge on any atom is -0.497 e. The van der Waals surface area contributed by atoms with E-state index in [4.69, 9.17) is 28.3 Å². The number of allylic oxidation sites excluding steroid dienone is 2. The Bertz CT molecular complexity index is 3810. The van der Waals surface area contributed by atoms with E-state index in [9.17, 15) is 4.79 Å². The third kappa shape index (κ3) is 49.2. The number of benzene rings is 3. The van der Waals surface area contributed by atoms with Crippen LogP contribution in [0, 0.1) is 91.7 Å². The van der Waals surface area contributed by atoms with Crippen molar-refractivity contribution in [3.8, 4) is 17.6 Å². The van der Waals surface area contributed by atoms with E-state index in [0.29, 0.717) is 73.6 Å². The number of carbonyl (C=O) groups excluding carboxylic acids is 1. The summed E-state index contributed by atoms with van der Waals surface area (Å²) in [6.45, 7) is 77.3. The molecule has 646 valence electrons. The van der Waals surface area contributed by atoms with E-state index in [1.807, 2.05) is 66.5 Å². The van der Waals surface area contributed by atoms with E-state index < -0.39 is 0 Å². The quantitative estimate of drug-likeness (QED) is 0.0893. The smallest absolute Gasteiger partial charge is 0.226 e. The van der Waals surface area contributed by atoms with Gasteiger partial charge in [0.15, 0.2) is 11.6 Å². The minimum atomic E-state index is -0.0243. The molecule has 0 bridgehead atoms. The Hall–Kier alpha value is -6.85. The van der Waals surface area contributed by atoms with Crippen molar-refractivity contribution in [1.29, 1.82) is 5.26 Å². The number of rotatable bonds is 15. The number of ether oxygens (including phenoxy) is 2. The van der Waals surface area contributed by atoms with Crippen molar-refractivity contribution in [3.63, 3.8) is 0 Å². The third-order valence-electron chi connectivity index (χ3n) is 19.6. The van der Waals surface area contributed by atoms with Crippen LogP contribution in [-0.4, -0.2) is 63.1 Å². The third-order valence-corrected chi connectivity index (χ3v) is 20.4. The molecule has 0 N–H and O–H groups in total. The van der Waals surface area contributed by atoms with E-state index in [1.165, 1.54) is 72.9 Å². The van der Waals surface area contributed by atoms with Crippen LogP contribution in [0.4, 0.5) is 0 Å². The van der Waals surface area contributed by atoms with Crippen LogP contribution in [0.25, 0.3) is 0 Å². The summed E-state index contributed by atoms with van der Waals surface area (Å²) < 4.78 is 26.1. The van der Waals surface area contributed by atoms with Gasteiger partial charge in [-0.2, -0.15) is 15.2 Å². The molecule has 13 nitrogen and oxygen atoms in total. The highest BCUT2D eigenvalue weighted by Crippen LogP contribution is 2.39. The Morgan fingerprint density at radius 2 is 1.10 bits per heavy atom. The van der Waals surface area contributed by atoms with Crippen LogP contribution in [-0.2, 0) is 48.7 Å². The number of nitriles is 1. The second-order valence-corrected chi connectivity index (χ2v) is 45.2. The van der Waals surface area contributed by atoms with Crippen molar-refractivity contribution < 1.29 is 27.8 Å². The number of aryl methyl sites for hydroxylation is 4. The lowest BCUT2D eigenvalue weighted by atomic mass is 9.80. The first-order valence-electron chi connectivity index (χ1n) is 43.1. The van der Waals surface area contributed by atoms with Gasteiger partial charge in [0, 0.05) is 54.1 Å². The van der Waals surface area contributed by atoms with E-state index in [0.717, 1.165) is 117 Å². The van der Waals surface area contributed by atoms with Crippen LogP contribution in [0.5, 0.6) is 11.5 Å². The van der Waals surface area contributed by atoms with Crippen molar-refractivity contribution >= 4 is 17.2 Å². The number of methoxy groups -OCH3 is 1. The number of hydrogen-bond acceptors (Lipinski definition) is 13. The average Bonchev–Trinajstić information content (AvgIpc) is 1.71. The van der Waals surface area contributed by atoms with Crippen molar-refractivity contribution in [2.75, 3.05) is 26.8 Å². The Kier molecular flexibility index (Phi) is 43.2. The summed E-state index contributed by atoms with van der Waals surface area (Å²) in [5.74, 6) is 8.76. The van der Waals surface area contributed by atoms with Gasteiger partial charge < -0.3 is 27.9 Å². The number of para-hydroxylation sites is 1. The molecule has 2 aliphatic carbocycles. The molecule has 3 aliphatic rings. The summed E-state index contributed by atoms with van der Waals surface area (Å²) in [5.41, 5.74) is 8.72. The van der Waals surface area contributed by atoms with Gasteiger partial charge in [-0.1, -0.05) is 323 Å². The molecule has 1 amide bonds. The van der Waals surface area contributed by atoms with Gasteiger partial charge in [0.05, 0.1) is 25.0 Å². The van der Waals surface area contributed by atoms with E-state index >= 15 is 0 Å². The van der Waals surface area contributed by atoms with Gasteiger partial charge in [-0.15, -0.1) is 11.3 Å². The molecule has 2 fully saturated rings. The van der Waals surface area contributed by atoms with Gasteiger partial charge in [0.1, 0.15) is 23.3 Å². The molecule has 2 atom stereocenters. The molecular formula is C101H165N7O6S. The maximum atomic E-state index is 12.0. The van der Waals surface area contributed by atoms with Gasteiger partial charge >= 0.3 is 0 Å². The second-order valence-electron chi connectivity index (χ2n) is 44.2. The first kappa shape index (κ1) is 104. The molecule has 1 aliphatic heterocycles. The molecule has 0 spiro atoms. The standard InChI is InChI=1S/C16H23NO.C12H22N2O.C12H15NO.C12H18O.C11H20N2O.C10H17NO.C10H18.C9H14S.C9H18/c1-16(2,3)14-11-15(18)17(12-14)10-9-13-7-5-4-6-8-13;1-11(2,3)8-7-9-13-10(14-15-9)12(4,5)6;1-12(2,3)9-14-11-7-5-4-6-10(11)8-13;1-12(2,3)9-10-5-7-11(13-4)8-6-10;1-8(2)10-12-9(14-13-10)6-7-11(3,4)5;1-7-9(6-10(3,4)5)8(2)12-11-7;1-10(2,3)8-9-6-4-5-7-9;1-9(2,3)7-8-5-4-6-10-8;1-9(2,3)8-6-4-5-7-8/h4-8,14H,9-12H2,1-3H3;7-8H2,1-6H3;4-7H,9H2,1-3H3;5-8H,9H2,1-4H3;8H,6-7H2,1-5H3;6H2,1-5H3;4,6,9H,5,7-8H2,1-3H3;4-6H,7H2,1-3H3;8H,4-7H2,1-3H3. The minimum absolute atomic E-state index is 0.0243. The number of nitrogens with zero attached hydrogens (tertiary/aromatic N) is 7. The van der Waals surface area contributed by atoms with Crippen molar-refractivity contribution in [2.45, 2.75) is 349 Å². The normalized spacial score (nSPS) is 15.4. The van der Waals surface area contributed by atoms with E-state index in [2.05, 4.69) is 319 Å². The summed E-state index contributed by atoms with van der Waals surface area (Å²) >= 11 is 1.85. The number of amides is 1. The SMILES string of the molecule is CC(C)(C)C1CC(=O)N(CCc2ccccc2)C1.CC(C)(C)C1CCCC1.CC(C)(C)CC1C=CCC1.CC(C)(C)CCc1nc(C(C)(C)C)no1.CC(C)(C)COc1ccccc1C#N.CC(C)(C)Cc1cccs1.CC(C)c1noc(CCC(C)(C)C)n1.COc1ccc(CC(C)(C)C)cc1.Cc1noc(C)c1CC(C)(C)C. The highest BCUT2D eigenvalue weighted by atomic mass is 32.1. The zero-order valence-corrected chi connectivity index (χ0v) is 80.4. The monoisotopic (exact) mass is 1600 g/mol. The molecule has 3 aromatic carbocycles. The lowest BCUT2D eigenvalue weighted by molar-refractivity contribution is -0.127. The largest absolute Gasteiger partial charge is 0.497 e. The van der Waals surface area contributed by atoms with Gasteiger partial charge in [0.25, 0.3) is 0 Å². The summed E-state index contributed by atoms with van der Waals surface area (Å²) in [4.78, 5) is 24.2. The van der Waals surface area contributed by atoms with Crippen molar-refractivity contribution in [1.82, 2.24) is 30.3 Å². The van der Waals surface area contributed by atoms with Crippen LogP contribution in [0.2, 0.25) is 0 Å². The maximum Gasteiger partial charge on any atom is 0.226 e. The van der Waals surface area contributed by atoms with Crippen LogP contribution >= 0.6 is 11.3 Å². The fraction of sp³-hybridized carbons (Fsp3) is 0.673. The van der Waals surface area contributed by atoms with Gasteiger partial charge in [-0.3, -0.25) is 4.79 Å². The van der Waals surface area contributed by atoms with Gasteiger partial charge in [-0.25, -0.2) is 0 Å². The molecule has 7 aromatic rings. The maximum absolute atomic E-state index is 12.0. The first-order chi connectivity index (χ1) is 52.7. The highest BCUT2D eigenvalue weighted by Gasteiger charge is 2.37. The average molecular weight is 1610 g/mol. The van der Waals surface area contributed by atoms with E-state index in [1.54, 1.807) is 13.2 Å². The molecule has 2 unspecified atom stereocenters. The van der Waals surface area contributed by atoms with Crippen molar-refractivity contribution in [3.05, 3.63) is 171 Å². The fourth-order valence-corrected chi connectivity index (χ4v) is 13.7. The topological polar surface area (TPSA) is 166 Å². The first-order valence-corrected chi connectivity index (χ1v) is 43.9. The van der Waals surface area contributed by atoms with Crippen LogP contribution in [0.15, 0.2) is 122 Å². The van der Waals surface area contributed by atoms with Crippen LogP contribution < -0.4 is 9.47 Å². The summed E-state index contributed by atoms with van der Waals surface area (Å²) in [6, 6.07) is 32.4. The lowest BCUT2D eigenvalue weighted by Crippen LogP contribution is -2.29. The van der Waals surface area contributed by atoms with E-state index in [-0.39, 0.29) is 16.2 Å². The summed E-state index contributed by atoms with van der Waals surface area (Å²) in [5, 5.41) is 22.8. The summed E-state index contributed by atoms with van der Waals surface area (Å²) in [6.07, 6.45) is 23.6. The molecule has 10 rings (SSSR count). The van der Waals surface area contributed by atoms with Crippen LogP contribution in [0.1, 0.15) is 354 Å². The Balaban J connectivity index is 0.000000442.